The van der Waals surface area contributed by atoms with E-state index in [0.717, 1.165) is 19.2 Å². The monoisotopic (exact) mass is 654 g/mol. The summed E-state index contributed by atoms with van der Waals surface area (Å²) in [6.45, 7) is 2.71. The Morgan fingerprint density at radius 1 is 1.06 bits per heavy atom. The molecule has 10 heteroatoms. The molecule has 0 aliphatic carbocycles. The molecular formula is C23H17Br3N2O4S. The zero-order valence-electron chi connectivity index (χ0n) is 17.2. The summed E-state index contributed by atoms with van der Waals surface area (Å²) in [5.41, 5.74) is 0.984. The molecule has 1 aromatic heterocycles. The minimum Gasteiger partial charge on any atom is -0.494 e. The van der Waals surface area contributed by atoms with E-state index in [1.54, 1.807) is 42.5 Å². The molecule has 4 rings (SSSR count). The molecule has 1 N–H and O–H groups in total. The van der Waals surface area contributed by atoms with Crippen LogP contribution in [0, 0.1) is 0 Å². The van der Waals surface area contributed by atoms with E-state index in [9.17, 15) is 4.79 Å². The van der Waals surface area contributed by atoms with Crippen LogP contribution in [0.15, 0.2) is 72.1 Å². The van der Waals surface area contributed by atoms with Crippen molar-refractivity contribution in [3.63, 3.8) is 0 Å². The summed E-state index contributed by atoms with van der Waals surface area (Å²) in [5.74, 6) is 2.25. The van der Waals surface area contributed by atoms with E-state index in [1.807, 2.05) is 19.1 Å². The molecule has 0 unspecified atom stereocenters. The van der Waals surface area contributed by atoms with Gasteiger partial charge >= 0.3 is 0 Å². The van der Waals surface area contributed by atoms with Crippen molar-refractivity contribution in [2.75, 3.05) is 11.5 Å². The normalized spacial score (nSPS) is 14.7. The van der Waals surface area contributed by atoms with Crippen LogP contribution >= 0.6 is 60.0 Å². The van der Waals surface area contributed by atoms with Crippen LogP contribution in [0.4, 0.5) is 5.69 Å². The summed E-state index contributed by atoms with van der Waals surface area (Å²) in [6.07, 6.45) is 1.62. The molecule has 1 fully saturated rings. The van der Waals surface area contributed by atoms with Crippen molar-refractivity contribution < 1.29 is 18.7 Å². The Balaban J connectivity index is 1.45. The average molecular weight is 657 g/mol. The minimum atomic E-state index is -0.263. The molecular weight excluding hydrogens is 640 g/mol. The van der Waals surface area contributed by atoms with Crippen molar-refractivity contribution in [1.82, 2.24) is 5.32 Å². The zero-order chi connectivity index (χ0) is 23.5. The molecule has 2 aromatic carbocycles. The molecule has 0 atom stereocenters. The fraction of sp³-hybridized carbons (Fsp3) is 0.130. The Morgan fingerprint density at radius 3 is 2.42 bits per heavy atom. The first-order chi connectivity index (χ1) is 15.9. The van der Waals surface area contributed by atoms with E-state index in [2.05, 4.69) is 53.1 Å². The van der Waals surface area contributed by atoms with Gasteiger partial charge in [-0.05, 0) is 99.5 Å². The third kappa shape index (κ3) is 5.51. The highest BCUT2D eigenvalue weighted by atomic mass is 79.9. The number of hydrogen-bond donors (Lipinski definition) is 1. The number of ether oxygens (including phenoxy) is 2. The maximum atomic E-state index is 12.9. The number of thiocarbonyl (C=S) groups is 1. The quantitative estimate of drug-likeness (QED) is 0.223. The Kier molecular flexibility index (Phi) is 7.58. The molecule has 1 aliphatic heterocycles. The van der Waals surface area contributed by atoms with Gasteiger partial charge in [0.15, 0.2) is 5.11 Å². The molecule has 0 bridgehead atoms. The predicted molar refractivity (Wildman–Crippen MR) is 141 cm³/mol. The van der Waals surface area contributed by atoms with Crippen LogP contribution in [-0.2, 0) is 11.4 Å². The SMILES string of the molecule is CCOc1ccc(N2C(=O)/C(=C\c3ccc(COc4c(Br)cc(Br)cc4Br)o3)NC2=S)cc1. The molecule has 170 valence electrons. The number of hydrogen-bond acceptors (Lipinski definition) is 5. The van der Waals surface area contributed by atoms with Gasteiger partial charge in [-0.2, -0.15) is 0 Å². The lowest BCUT2D eigenvalue weighted by Crippen LogP contribution is -2.30. The van der Waals surface area contributed by atoms with E-state index in [4.69, 9.17) is 26.1 Å². The number of amides is 1. The number of nitrogens with one attached hydrogen (secondary N) is 1. The number of carbonyl (C=O) groups excluding carboxylic acids is 1. The number of benzene rings is 2. The fourth-order valence-corrected chi connectivity index (χ4v) is 5.92. The zero-order valence-corrected chi connectivity index (χ0v) is 22.8. The van der Waals surface area contributed by atoms with Crippen LogP contribution in [0.3, 0.4) is 0 Å². The van der Waals surface area contributed by atoms with E-state index < -0.39 is 0 Å². The van der Waals surface area contributed by atoms with Gasteiger partial charge in [0, 0.05) is 10.5 Å². The Morgan fingerprint density at radius 2 is 1.76 bits per heavy atom. The third-order valence-electron chi connectivity index (χ3n) is 4.57. The Bertz CT molecular complexity index is 1220. The van der Waals surface area contributed by atoms with Crippen molar-refractivity contribution >= 4 is 82.8 Å². The Hall–Kier alpha value is -2.14. The lowest BCUT2D eigenvalue weighted by atomic mass is 10.2. The van der Waals surface area contributed by atoms with Gasteiger partial charge in [-0.1, -0.05) is 15.9 Å². The highest BCUT2D eigenvalue weighted by molar-refractivity contribution is 9.11. The number of halogens is 3. The van der Waals surface area contributed by atoms with E-state index in [1.165, 1.54) is 4.90 Å². The molecule has 0 saturated carbocycles. The van der Waals surface area contributed by atoms with Crippen molar-refractivity contribution in [3.8, 4) is 11.5 Å². The number of furan rings is 1. The minimum absolute atomic E-state index is 0.222. The van der Waals surface area contributed by atoms with Crippen LogP contribution < -0.4 is 19.7 Å². The first-order valence-corrected chi connectivity index (χ1v) is 12.6. The fourth-order valence-electron chi connectivity index (χ4n) is 3.13. The Labute approximate surface area is 221 Å². The summed E-state index contributed by atoms with van der Waals surface area (Å²) in [5, 5.41) is 3.26. The van der Waals surface area contributed by atoms with E-state index in [0.29, 0.717) is 40.4 Å². The van der Waals surface area contributed by atoms with Crippen molar-refractivity contribution in [2.24, 2.45) is 0 Å². The van der Waals surface area contributed by atoms with E-state index in [-0.39, 0.29) is 12.5 Å². The molecule has 6 nitrogen and oxygen atoms in total. The van der Waals surface area contributed by atoms with Crippen molar-refractivity contribution in [3.05, 3.63) is 79.2 Å². The maximum Gasteiger partial charge on any atom is 0.281 e. The second-order valence-corrected chi connectivity index (χ2v) is 9.86. The lowest BCUT2D eigenvalue weighted by Gasteiger charge is -2.14. The molecule has 1 aliphatic rings. The van der Waals surface area contributed by atoms with Crippen LogP contribution in [0.2, 0.25) is 0 Å². The van der Waals surface area contributed by atoms with Crippen LogP contribution in [-0.4, -0.2) is 17.6 Å². The van der Waals surface area contributed by atoms with Gasteiger partial charge in [0.25, 0.3) is 5.91 Å². The average Bonchev–Trinajstić information content (AvgIpc) is 3.32. The largest absolute Gasteiger partial charge is 0.494 e. The van der Waals surface area contributed by atoms with Crippen LogP contribution in [0.1, 0.15) is 18.4 Å². The van der Waals surface area contributed by atoms with Gasteiger partial charge < -0.3 is 19.2 Å². The highest BCUT2D eigenvalue weighted by Crippen LogP contribution is 2.37. The maximum absolute atomic E-state index is 12.9. The molecule has 0 spiro atoms. The van der Waals surface area contributed by atoms with Gasteiger partial charge in [0.1, 0.15) is 35.3 Å². The van der Waals surface area contributed by atoms with Gasteiger partial charge in [0.05, 0.1) is 21.2 Å². The summed E-state index contributed by atoms with van der Waals surface area (Å²) >= 11 is 15.8. The smallest absolute Gasteiger partial charge is 0.281 e. The van der Waals surface area contributed by atoms with Crippen LogP contribution in [0.25, 0.3) is 6.08 Å². The highest BCUT2D eigenvalue weighted by Gasteiger charge is 2.32. The second-order valence-electron chi connectivity index (χ2n) is 6.85. The van der Waals surface area contributed by atoms with Gasteiger partial charge in [-0.3, -0.25) is 9.69 Å². The summed E-state index contributed by atoms with van der Waals surface area (Å²) in [6, 6.07) is 14.6. The molecule has 1 amide bonds. The van der Waals surface area contributed by atoms with Crippen molar-refractivity contribution in [1.29, 1.82) is 0 Å². The topological polar surface area (TPSA) is 63.9 Å². The van der Waals surface area contributed by atoms with Crippen LogP contribution in [0.5, 0.6) is 11.5 Å². The summed E-state index contributed by atoms with van der Waals surface area (Å²) < 4.78 is 19.7. The molecule has 0 radical (unpaired) electrons. The standard InChI is InChI=1S/C23H17Br3N2O4S/c1-2-30-15-5-3-14(4-6-15)28-22(29)20(27-23(28)33)11-16-7-8-17(32-16)12-31-21-18(25)9-13(24)10-19(21)26/h3-11H,2,12H2,1H3,(H,27,33)/b20-11+. The van der Waals surface area contributed by atoms with Gasteiger partial charge in [-0.15, -0.1) is 0 Å². The second kappa shape index (κ2) is 10.4. The summed E-state index contributed by atoms with van der Waals surface area (Å²) in [7, 11) is 0. The summed E-state index contributed by atoms with van der Waals surface area (Å²) in [4.78, 5) is 14.4. The number of nitrogens with zero attached hydrogens (tertiary/aromatic N) is 1. The lowest BCUT2D eigenvalue weighted by molar-refractivity contribution is -0.113. The molecule has 3 aromatic rings. The number of carbonyl (C=O) groups is 1. The molecule has 2 heterocycles. The first-order valence-electron chi connectivity index (χ1n) is 9.81. The number of rotatable bonds is 7. The molecule has 33 heavy (non-hydrogen) atoms. The first kappa shape index (κ1) is 24.0. The third-order valence-corrected chi connectivity index (χ3v) is 6.50. The predicted octanol–water partition coefficient (Wildman–Crippen LogP) is 6.81. The van der Waals surface area contributed by atoms with Crippen molar-refractivity contribution in [2.45, 2.75) is 13.5 Å². The number of anilines is 1. The van der Waals surface area contributed by atoms with E-state index >= 15 is 0 Å². The molecule has 1 saturated heterocycles. The van der Waals surface area contributed by atoms with Gasteiger partial charge in [0.2, 0.25) is 0 Å². The van der Waals surface area contributed by atoms with Gasteiger partial charge in [-0.25, -0.2) is 0 Å².